The van der Waals surface area contributed by atoms with Gasteiger partial charge in [0, 0.05) is 25.3 Å². The van der Waals surface area contributed by atoms with Crippen molar-refractivity contribution in [1.82, 2.24) is 14.6 Å². The number of aromatic nitrogens is 3. The number of ether oxygens (including phenoxy) is 3. The summed E-state index contributed by atoms with van der Waals surface area (Å²) >= 11 is 1.30. The van der Waals surface area contributed by atoms with E-state index in [2.05, 4.69) is 10.2 Å². The van der Waals surface area contributed by atoms with Gasteiger partial charge in [0.05, 0.1) is 25.9 Å². The van der Waals surface area contributed by atoms with Gasteiger partial charge in [0.15, 0.2) is 17.3 Å². The third kappa shape index (κ3) is 3.68. The Kier molecular flexibility index (Phi) is 5.51. The molecule has 0 saturated carbocycles. The molecule has 0 fully saturated rings. The summed E-state index contributed by atoms with van der Waals surface area (Å²) in [6.07, 6.45) is 1.86. The zero-order chi connectivity index (χ0) is 22.1. The number of hydrogen-bond donors (Lipinski definition) is 0. The van der Waals surface area contributed by atoms with Gasteiger partial charge in [-0.2, -0.15) is 0 Å². The topological polar surface area (TPSA) is 78.2 Å². The highest BCUT2D eigenvalue weighted by molar-refractivity contribution is 7.15. The van der Waals surface area contributed by atoms with Gasteiger partial charge in [0.25, 0.3) is 5.56 Å². The third-order valence-electron chi connectivity index (χ3n) is 4.88. The summed E-state index contributed by atoms with van der Waals surface area (Å²) < 4.78 is 18.3. The molecule has 0 saturated heterocycles. The van der Waals surface area contributed by atoms with E-state index in [1.165, 1.54) is 22.8 Å². The van der Waals surface area contributed by atoms with Crippen LogP contribution < -0.4 is 29.2 Å². The van der Waals surface area contributed by atoms with Gasteiger partial charge in [-0.05, 0) is 35.9 Å². The average Bonchev–Trinajstić information content (AvgIpc) is 3.33. The molecule has 0 N–H and O–H groups in total. The molecule has 2 aromatic carbocycles. The zero-order valence-corrected chi connectivity index (χ0v) is 18.7. The molecule has 0 aliphatic carbocycles. The van der Waals surface area contributed by atoms with Crippen LogP contribution in [0.15, 0.2) is 41.2 Å². The lowest BCUT2D eigenvalue weighted by Gasteiger charge is -2.13. The number of nitrogens with zero attached hydrogens (tertiary/aromatic N) is 4. The van der Waals surface area contributed by atoms with Crippen LogP contribution in [0.2, 0.25) is 0 Å². The van der Waals surface area contributed by atoms with Crippen LogP contribution in [0.1, 0.15) is 5.56 Å². The molecule has 31 heavy (non-hydrogen) atoms. The van der Waals surface area contributed by atoms with Crippen LogP contribution in [-0.2, 0) is 0 Å². The molecule has 2 aromatic heterocycles. The minimum absolute atomic E-state index is 0.176. The minimum atomic E-state index is -0.176. The molecule has 8 nitrogen and oxygen atoms in total. The Hall–Kier alpha value is -3.59. The van der Waals surface area contributed by atoms with Crippen molar-refractivity contribution in [2.45, 2.75) is 0 Å². The van der Waals surface area contributed by atoms with E-state index in [-0.39, 0.29) is 5.56 Å². The van der Waals surface area contributed by atoms with Crippen molar-refractivity contribution in [2.75, 3.05) is 40.3 Å². The minimum Gasteiger partial charge on any atom is -0.493 e. The third-order valence-corrected chi connectivity index (χ3v) is 5.84. The zero-order valence-electron chi connectivity index (χ0n) is 17.9. The Morgan fingerprint density at radius 1 is 0.968 bits per heavy atom. The maximum absolute atomic E-state index is 13.2. The number of benzene rings is 2. The summed E-state index contributed by atoms with van der Waals surface area (Å²) in [5.74, 6) is 1.84. The molecule has 0 atom stereocenters. The highest BCUT2D eigenvalue weighted by atomic mass is 32.1. The van der Waals surface area contributed by atoms with E-state index in [0.717, 1.165) is 11.3 Å². The number of hydrogen-bond acceptors (Lipinski definition) is 8. The quantitative estimate of drug-likeness (QED) is 0.458. The molecule has 0 spiro atoms. The monoisotopic (exact) mass is 438 g/mol. The second-order valence-electron chi connectivity index (χ2n) is 6.96. The summed E-state index contributed by atoms with van der Waals surface area (Å²) in [6, 6.07) is 11.5. The molecule has 2 heterocycles. The lowest BCUT2D eigenvalue weighted by atomic mass is 10.1. The van der Waals surface area contributed by atoms with Crippen LogP contribution in [0.5, 0.6) is 17.2 Å². The van der Waals surface area contributed by atoms with Gasteiger partial charge in [-0.1, -0.05) is 23.5 Å². The van der Waals surface area contributed by atoms with Crippen LogP contribution in [0.3, 0.4) is 0 Å². The number of thiazole rings is 1. The van der Waals surface area contributed by atoms with E-state index in [1.54, 1.807) is 26.4 Å². The van der Waals surface area contributed by atoms with Gasteiger partial charge in [-0.3, -0.25) is 4.79 Å². The molecule has 4 aromatic rings. The smallest absolute Gasteiger partial charge is 0.276 e. The highest BCUT2D eigenvalue weighted by Crippen LogP contribution is 2.40. The number of anilines is 1. The normalized spacial score (nSPS) is 11.7. The molecule has 0 aliphatic rings. The average molecular weight is 439 g/mol. The first-order chi connectivity index (χ1) is 15.0. The highest BCUT2D eigenvalue weighted by Gasteiger charge is 2.19. The van der Waals surface area contributed by atoms with Gasteiger partial charge >= 0.3 is 0 Å². The predicted molar refractivity (Wildman–Crippen MR) is 122 cm³/mol. The molecule has 160 valence electrons. The number of fused-ring (bicyclic) bond motifs is 1. The Morgan fingerprint density at radius 2 is 1.61 bits per heavy atom. The van der Waals surface area contributed by atoms with Crippen LogP contribution in [0.25, 0.3) is 22.4 Å². The summed E-state index contributed by atoms with van der Waals surface area (Å²) in [4.78, 5) is 15.7. The molecule has 0 unspecified atom stereocenters. The van der Waals surface area contributed by atoms with Gasteiger partial charge in [0.1, 0.15) is 0 Å². The van der Waals surface area contributed by atoms with E-state index in [0.29, 0.717) is 38.1 Å². The molecular formula is C22H22N4O4S. The molecule has 0 aliphatic heterocycles. The Labute approximate surface area is 182 Å². The summed E-state index contributed by atoms with van der Waals surface area (Å²) in [6.45, 7) is 0. The Bertz CT molecular complexity index is 1320. The van der Waals surface area contributed by atoms with Crippen LogP contribution in [0, 0.1) is 0 Å². The molecule has 0 radical (unpaired) electrons. The lowest BCUT2D eigenvalue weighted by Crippen LogP contribution is -2.23. The van der Waals surface area contributed by atoms with Gasteiger partial charge in [-0.25, -0.2) is 4.40 Å². The van der Waals surface area contributed by atoms with E-state index in [4.69, 9.17) is 14.2 Å². The fraction of sp³-hybridized carbons (Fsp3) is 0.227. The van der Waals surface area contributed by atoms with Gasteiger partial charge in [-0.15, -0.1) is 10.2 Å². The molecule has 4 rings (SSSR count). The van der Waals surface area contributed by atoms with Crippen LogP contribution in [0.4, 0.5) is 5.69 Å². The maximum atomic E-state index is 13.2. The first-order valence-electron chi connectivity index (χ1n) is 9.44. The Morgan fingerprint density at radius 3 is 2.16 bits per heavy atom. The maximum Gasteiger partial charge on any atom is 0.276 e. The fourth-order valence-corrected chi connectivity index (χ4v) is 4.19. The number of methoxy groups -OCH3 is 3. The van der Waals surface area contributed by atoms with Crippen molar-refractivity contribution in [1.29, 1.82) is 0 Å². The SMILES string of the molecule is COc1cc(-c2nnc3s/c(=C/c4ccc(N(C)C)cc4)c(=O)n23)cc(OC)c1OC. The van der Waals surface area contributed by atoms with Crippen molar-refractivity contribution in [3.8, 4) is 28.6 Å². The van der Waals surface area contributed by atoms with Gasteiger partial charge in [0.2, 0.25) is 10.7 Å². The van der Waals surface area contributed by atoms with Crippen LogP contribution in [-0.4, -0.2) is 50.0 Å². The summed E-state index contributed by atoms with van der Waals surface area (Å²) in [5.41, 5.74) is 2.49. The molecule has 9 heteroatoms. The molecule has 0 amide bonds. The second kappa shape index (κ2) is 8.27. The van der Waals surface area contributed by atoms with Crippen molar-refractivity contribution in [3.05, 3.63) is 56.8 Å². The van der Waals surface area contributed by atoms with Crippen LogP contribution >= 0.6 is 11.3 Å². The first-order valence-corrected chi connectivity index (χ1v) is 10.3. The summed E-state index contributed by atoms with van der Waals surface area (Å²) in [7, 11) is 8.59. The van der Waals surface area contributed by atoms with Crippen molar-refractivity contribution >= 4 is 28.1 Å². The van der Waals surface area contributed by atoms with E-state index in [9.17, 15) is 4.79 Å². The first kappa shape index (κ1) is 20.7. The molecule has 0 bridgehead atoms. The largest absolute Gasteiger partial charge is 0.493 e. The standard InChI is InChI=1S/C22H22N4O4S/c1-25(2)15-8-6-13(7-9-15)10-18-21(27)26-20(23-24-22(26)31-18)14-11-16(28-3)19(30-5)17(12-14)29-4/h6-12H,1-5H3/b18-10+. The van der Waals surface area contributed by atoms with E-state index in [1.807, 2.05) is 49.3 Å². The van der Waals surface area contributed by atoms with Crippen molar-refractivity contribution in [2.24, 2.45) is 0 Å². The lowest BCUT2D eigenvalue weighted by molar-refractivity contribution is 0.324. The summed E-state index contributed by atoms with van der Waals surface area (Å²) in [5, 5.41) is 8.42. The number of rotatable bonds is 6. The van der Waals surface area contributed by atoms with E-state index >= 15 is 0 Å². The Balaban J connectivity index is 1.84. The predicted octanol–water partition coefficient (Wildman–Crippen LogP) is 2.46. The molecular weight excluding hydrogens is 416 g/mol. The van der Waals surface area contributed by atoms with Gasteiger partial charge < -0.3 is 19.1 Å². The second-order valence-corrected chi connectivity index (χ2v) is 7.97. The van der Waals surface area contributed by atoms with Crippen molar-refractivity contribution < 1.29 is 14.2 Å². The van der Waals surface area contributed by atoms with E-state index < -0.39 is 0 Å². The van der Waals surface area contributed by atoms with Crippen molar-refractivity contribution in [3.63, 3.8) is 0 Å². The fourth-order valence-electron chi connectivity index (χ4n) is 3.28.